The topological polar surface area (TPSA) is 4.36 Å². The van der Waals surface area contributed by atoms with Gasteiger partial charge in [0.05, 0.1) is 5.56 Å². The summed E-state index contributed by atoms with van der Waals surface area (Å²) in [7, 11) is 0. The van der Waals surface area contributed by atoms with Crippen LogP contribution in [0.2, 0.25) is 0 Å². The second kappa shape index (κ2) is 5.38. The Morgan fingerprint density at radius 2 is 1.60 bits per heavy atom. The van der Waals surface area contributed by atoms with Gasteiger partial charge in [-0.3, -0.25) is 0 Å². The quantitative estimate of drug-likeness (QED) is 0.650. The SMILES string of the molecule is [C-]#[N+]C(C)c1ccccc1-c1ccc(C(F)(F)F)cc1. The van der Waals surface area contributed by atoms with Crippen LogP contribution < -0.4 is 0 Å². The van der Waals surface area contributed by atoms with Crippen molar-refractivity contribution in [2.75, 3.05) is 0 Å². The van der Waals surface area contributed by atoms with Crippen molar-refractivity contribution in [3.8, 4) is 11.1 Å². The summed E-state index contributed by atoms with van der Waals surface area (Å²) < 4.78 is 37.6. The molecule has 20 heavy (non-hydrogen) atoms. The average Bonchev–Trinajstić information content (AvgIpc) is 2.45. The number of rotatable bonds is 2. The molecule has 102 valence electrons. The molecule has 0 aliphatic heterocycles. The van der Waals surface area contributed by atoms with E-state index in [4.69, 9.17) is 6.57 Å². The lowest BCUT2D eigenvalue weighted by atomic mass is 9.95. The third kappa shape index (κ3) is 2.83. The molecule has 2 rings (SSSR count). The van der Waals surface area contributed by atoms with Crippen molar-refractivity contribution in [1.82, 2.24) is 0 Å². The van der Waals surface area contributed by atoms with Crippen molar-refractivity contribution in [3.63, 3.8) is 0 Å². The summed E-state index contributed by atoms with van der Waals surface area (Å²) in [5.41, 5.74) is 1.63. The van der Waals surface area contributed by atoms with E-state index in [-0.39, 0.29) is 6.04 Å². The first-order valence-corrected chi connectivity index (χ1v) is 6.06. The van der Waals surface area contributed by atoms with Gasteiger partial charge in [-0.2, -0.15) is 13.2 Å². The maximum absolute atomic E-state index is 12.5. The smallest absolute Gasteiger partial charge is 0.309 e. The van der Waals surface area contributed by atoms with Gasteiger partial charge < -0.3 is 4.85 Å². The number of hydrogen-bond acceptors (Lipinski definition) is 0. The lowest BCUT2D eigenvalue weighted by molar-refractivity contribution is -0.137. The Morgan fingerprint density at radius 1 is 1.00 bits per heavy atom. The van der Waals surface area contributed by atoms with Crippen molar-refractivity contribution in [2.24, 2.45) is 0 Å². The van der Waals surface area contributed by atoms with Gasteiger partial charge in [-0.05, 0) is 23.3 Å². The van der Waals surface area contributed by atoms with Gasteiger partial charge in [0.15, 0.2) is 0 Å². The van der Waals surface area contributed by atoms with E-state index in [1.807, 2.05) is 24.3 Å². The van der Waals surface area contributed by atoms with Gasteiger partial charge in [0, 0.05) is 12.5 Å². The van der Waals surface area contributed by atoms with Crippen LogP contribution in [0, 0.1) is 6.57 Å². The van der Waals surface area contributed by atoms with E-state index in [1.165, 1.54) is 12.1 Å². The number of benzene rings is 2. The van der Waals surface area contributed by atoms with Gasteiger partial charge in [0.2, 0.25) is 6.04 Å². The second-order valence-corrected chi connectivity index (χ2v) is 4.47. The first-order chi connectivity index (χ1) is 9.43. The van der Waals surface area contributed by atoms with Crippen LogP contribution in [-0.2, 0) is 6.18 Å². The van der Waals surface area contributed by atoms with Crippen LogP contribution in [0.1, 0.15) is 24.1 Å². The predicted octanol–water partition coefficient (Wildman–Crippen LogP) is 5.35. The van der Waals surface area contributed by atoms with Crippen LogP contribution in [-0.4, -0.2) is 0 Å². The van der Waals surface area contributed by atoms with Crippen LogP contribution in [0.15, 0.2) is 48.5 Å². The summed E-state index contributed by atoms with van der Waals surface area (Å²) in [6, 6.07) is 12.0. The second-order valence-electron chi connectivity index (χ2n) is 4.47. The van der Waals surface area contributed by atoms with E-state index in [1.54, 1.807) is 6.92 Å². The maximum Gasteiger partial charge on any atom is 0.416 e. The highest BCUT2D eigenvalue weighted by Crippen LogP contribution is 2.33. The van der Waals surface area contributed by atoms with Crippen molar-refractivity contribution in [2.45, 2.75) is 19.1 Å². The molecule has 2 aromatic carbocycles. The Bertz CT molecular complexity index is 636. The molecule has 4 heteroatoms. The van der Waals surface area contributed by atoms with E-state index in [0.29, 0.717) is 5.56 Å². The lowest BCUT2D eigenvalue weighted by Crippen LogP contribution is -2.04. The Labute approximate surface area is 115 Å². The molecule has 1 unspecified atom stereocenters. The Kier molecular flexibility index (Phi) is 3.80. The zero-order valence-corrected chi connectivity index (χ0v) is 10.8. The Morgan fingerprint density at radius 3 is 2.15 bits per heavy atom. The molecule has 0 heterocycles. The van der Waals surface area contributed by atoms with Gasteiger partial charge >= 0.3 is 6.18 Å². The molecular weight excluding hydrogens is 263 g/mol. The summed E-state index contributed by atoms with van der Waals surface area (Å²) in [5, 5.41) is 0. The van der Waals surface area contributed by atoms with E-state index < -0.39 is 11.7 Å². The molecule has 0 radical (unpaired) electrons. The average molecular weight is 275 g/mol. The van der Waals surface area contributed by atoms with Crippen molar-refractivity contribution >= 4 is 0 Å². The van der Waals surface area contributed by atoms with Gasteiger partial charge in [-0.15, -0.1) is 0 Å². The number of nitrogens with zero attached hydrogens (tertiary/aromatic N) is 1. The summed E-state index contributed by atoms with van der Waals surface area (Å²) in [6.45, 7) is 8.87. The molecule has 0 spiro atoms. The van der Waals surface area contributed by atoms with Crippen molar-refractivity contribution in [3.05, 3.63) is 71.1 Å². The summed E-state index contributed by atoms with van der Waals surface area (Å²) in [4.78, 5) is 3.47. The summed E-state index contributed by atoms with van der Waals surface area (Å²) >= 11 is 0. The fourth-order valence-electron chi connectivity index (χ4n) is 2.03. The molecule has 0 saturated carbocycles. The normalized spacial score (nSPS) is 12.8. The first-order valence-electron chi connectivity index (χ1n) is 6.06. The number of alkyl halides is 3. The van der Waals surface area contributed by atoms with Crippen LogP contribution in [0.4, 0.5) is 13.2 Å². The van der Waals surface area contributed by atoms with Crippen molar-refractivity contribution < 1.29 is 13.2 Å². The van der Waals surface area contributed by atoms with Gasteiger partial charge in [-0.1, -0.05) is 36.4 Å². The zero-order chi connectivity index (χ0) is 14.8. The molecule has 2 aromatic rings. The largest absolute Gasteiger partial charge is 0.416 e. The number of halogens is 3. The minimum atomic E-state index is -4.33. The molecule has 0 N–H and O–H groups in total. The highest BCUT2D eigenvalue weighted by atomic mass is 19.4. The zero-order valence-electron chi connectivity index (χ0n) is 10.8. The van der Waals surface area contributed by atoms with E-state index in [9.17, 15) is 13.2 Å². The Hall–Kier alpha value is -2.28. The molecule has 0 fully saturated rings. The summed E-state index contributed by atoms with van der Waals surface area (Å²) in [5.74, 6) is 0. The van der Waals surface area contributed by atoms with Crippen LogP contribution in [0.3, 0.4) is 0 Å². The fourth-order valence-corrected chi connectivity index (χ4v) is 2.03. The van der Waals surface area contributed by atoms with Gasteiger partial charge in [0.25, 0.3) is 0 Å². The van der Waals surface area contributed by atoms with Crippen LogP contribution in [0.25, 0.3) is 16.0 Å². The van der Waals surface area contributed by atoms with Crippen LogP contribution >= 0.6 is 0 Å². The minimum absolute atomic E-state index is 0.325. The third-order valence-corrected chi connectivity index (χ3v) is 3.13. The predicted molar refractivity (Wildman–Crippen MR) is 71.9 cm³/mol. The van der Waals surface area contributed by atoms with E-state index in [2.05, 4.69) is 4.85 Å². The standard InChI is InChI=1S/C16H12F3N/c1-11(20-2)14-5-3-4-6-15(14)12-7-9-13(10-8-12)16(17,18)19/h3-11H,1H3. The van der Waals surface area contributed by atoms with E-state index in [0.717, 1.165) is 23.3 Å². The highest BCUT2D eigenvalue weighted by molar-refractivity contribution is 5.68. The molecule has 0 amide bonds. The lowest BCUT2D eigenvalue weighted by Gasteiger charge is -2.11. The molecule has 1 atom stereocenters. The molecule has 1 nitrogen and oxygen atoms in total. The van der Waals surface area contributed by atoms with Gasteiger partial charge in [0.1, 0.15) is 0 Å². The van der Waals surface area contributed by atoms with Gasteiger partial charge in [-0.25, -0.2) is 6.57 Å². The molecular formula is C16H12F3N. The Balaban J connectivity index is 2.46. The summed E-state index contributed by atoms with van der Waals surface area (Å²) in [6.07, 6.45) is -4.33. The monoisotopic (exact) mass is 275 g/mol. The molecule has 0 bridgehead atoms. The molecule has 0 aliphatic rings. The molecule has 0 aromatic heterocycles. The van der Waals surface area contributed by atoms with Crippen molar-refractivity contribution in [1.29, 1.82) is 0 Å². The molecule has 0 saturated heterocycles. The maximum atomic E-state index is 12.5. The van der Waals surface area contributed by atoms with Crippen LogP contribution in [0.5, 0.6) is 0 Å². The fraction of sp³-hybridized carbons (Fsp3) is 0.188. The number of hydrogen-bond donors (Lipinski definition) is 0. The minimum Gasteiger partial charge on any atom is -0.309 e. The van der Waals surface area contributed by atoms with E-state index >= 15 is 0 Å². The highest BCUT2D eigenvalue weighted by Gasteiger charge is 2.30. The first kappa shape index (κ1) is 14.1. The molecule has 0 aliphatic carbocycles. The third-order valence-electron chi connectivity index (χ3n) is 3.13.